The molecule has 0 radical (unpaired) electrons. The van der Waals surface area contributed by atoms with Crippen LogP contribution in [0.15, 0.2) is 24.4 Å². The summed E-state index contributed by atoms with van der Waals surface area (Å²) in [5.41, 5.74) is 7.58. The van der Waals surface area contributed by atoms with Crippen LogP contribution >= 0.6 is 0 Å². The van der Waals surface area contributed by atoms with Crippen LogP contribution in [-0.2, 0) is 6.54 Å². The predicted octanol–water partition coefficient (Wildman–Crippen LogP) is 1.35. The third kappa shape index (κ3) is 1.64. The van der Waals surface area contributed by atoms with Gasteiger partial charge in [-0.25, -0.2) is 4.98 Å². The number of benzene rings is 1. The van der Waals surface area contributed by atoms with Crippen molar-refractivity contribution in [1.82, 2.24) is 9.55 Å². The highest BCUT2D eigenvalue weighted by Crippen LogP contribution is 2.32. The number of carbonyl (C=O) groups excluding carboxylic acids is 1. The minimum atomic E-state index is -0.509. The minimum absolute atomic E-state index is 0.290. The fourth-order valence-electron chi connectivity index (χ4n) is 2.11. The molecule has 1 aliphatic rings. The van der Waals surface area contributed by atoms with Crippen molar-refractivity contribution in [1.29, 1.82) is 0 Å². The first-order valence-electron chi connectivity index (χ1n) is 5.76. The summed E-state index contributed by atoms with van der Waals surface area (Å²) >= 11 is 0. The number of hydrogen-bond donors (Lipinski definition) is 1. The van der Waals surface area contributed by atoms with E-state index in [2.05, 4.69) is 4.98 Å². The predicted molar refractivity (Wildman–Crippen MR) is 66.4 cm³/mol. The Kier molecular flexibility index (Phi) is 2.33. The lowest BCUT2D eigenvalue weighted by Crippen LogP contribution is -2.11. The summed E-state index contributed by atoms with van der Waals surface area (Å²) < 4.78 is 7.60. The molecule has 0 aliphatic carbocycles. The highest BCUT2D eigenvalue weighted by atomic mass is 16.5. The van der Waals surface area contributed by atoms with E-state index < -0.39 is 5.91 Å². The Labute approximate surface area is 104 Å². The highest BCUT2D eigenvalue weighted by Gasteiger charge is 2.19. The molecular formula is C13H13N3O2. The van der Waals surface area contributed by atoms with Gasteiger partial charge in [-0.3, -0.25) is 4.79 Å². The number of imidazole rings is 1. The van der Waals surface area contributed by atoms with Gasteiger partial charge in [0.25, 0.3) is 5.91 Å². The molecule has 2 heterocycles. The average Bonchev–Trinajstić information content (AvgIpc) is 2.67. The molecule has 0 atom stereocenters. The van der Waals surface area contributed by atoms with Gasteiger partial charge in [0.05, 0.1) is 12.1 Å². The molecule has 2 aromatic rings. The van der Waals surface area contributed by atoms with Crippen molar-refractivity contribution in [3.63, 3.8) is 0 Å². The number of amides is 1. The van der Waals surface area contributed by atoms with Gasteiger partial charge < -0.3 is 15.0 Å². The third-order valence-electron chi connectivity index (χ3n) is 3.00. The molecule has 5 nitrogen and oxygen atoms in total. The number of nitrogens with two attached hydrogens (primary N) is 1. The second-order valence-electron chi connectivity index (χ2n) is 4.36. The first kappa shape index (κ1) is 10.8. The number of fused-ring (bicyclic) bond motifs is 3. The molecule has 1 aromatic carbocycles. The summed E-state index contributed by atoms with van der Waals surface area (Å²) in [4.78, 5) is 15.5. The lowest BCUT2D eigenvalue weighted by Gasteiger charge is -2.06. The molecule has 92 valence electrons. The molecule has 0 saturated carbocycles. The first-order valence-corrected chi connectivity index (χ1v) is 5.76. The Hall–Kier alpha value is -2.30. The van der Waals surface area contributed by atoms with Crippen molar-refractivity contribution in [2.45, 2.75) is 13.5 Å². The lowest BCUT2D eigenvalue weighted by atomic mass is 10.1. The summed E-state index contributed by atoms with van der Waals surface area (Å²) in [6, 6.07) is 5.93. The van der Waals surface area contributed by atoms with Gasteiger partial charge in [-0.05, 0) is 24.6 Å². The van der Waals surface area contributed by atoms with E-state index in [1.165, 1.54) is 0 Å². The molecule has 1 aromatic heterocycles. The summed E-state index contributed by atoms with van der Waals surface area (Å²) in [6.07, 6.45) is 1.68. The number of aromatic nitrogens is 2. The van der Waals surface area contributed by atoms with E-state index in [1.54, 1.807) is 6.20 Å². The number of carbonyl (C=O) groups is 1. The standard InChI is InChI=1S/C13H13N3O2/c1-8-2-3-9-11(6-8)18-5-4-16-7-10(12(14)17)15-13(9)16/h2-3,6-7H,4-5H2,1H3,(H2,14,17). The molecule has 0 saturated heterocycles. The van der Waals surface area contributed by atoms with Gasteiger partial charge in [-0.2, -0.15) is 0 Å². The fraction of sp³-hybridized carbons (Fsp3) is 0.231. The molecule has 0 unspecified atom stereocenters. The third-order valence-corrected chi connectivity index (χ3v) is 3.00. The largest absolute Gasteiger partial charge is 0.491 e. The van der Waals surface area contributed by atoms with Gasteiger partial charge in [0, 0.05) is 6.20 Å². The van der Waals surface area contributed by atoms with Gasteiger partial charge in [-0.1, -0.05) is 6.07 Å². The van der Waals surface area contributed by atoms with Crippen LogP contribution in [0.25, 0.3) is 11.4 Å². The van der Waals surface area contributed by atoms with Crippen LogP contribution in [0.4, 0.5) is 0 Å². The van der Waals surface area contributed by atoms with Crippen molar-refractivity contribution in [2.24, 2.45) is 5.73 Å². The van der Waals surface area contributed by atoms with E-state index in [0.717, 1.165) is 22.7 Å². The number of nitrogens with zero attached hydrogens (tertiary/aromatic N) is 2. The second-order valence-corrected chi connectivity index (χ2v) is 4.36. The van der Waals surface area contributed by atoms with Crippen LogP contribution in [0.5, 0.6) is 5.75 Å². The smallest absolute Gasteiger partial charge is 0.268 e. The number of primary amides is 1. The lowest BCUT2D eigenvalue weighted by molar-refractivity contribution is 0.0996. The monoisotopic (exact) mass is 243 g/mol. The van der Waals surface area contributed by atoms with E-state index >= 15 is 0 Å². The summed E-state index contributed by atoms with van der Waals surface area (Å²) in [5.74, 6) is 1.02. The van der Waals surface area contributed by atoms with E-state index in [4.69, 9.17) is 10.5 Å². The van der Waals surface area contributed by atoms with E-state index in [0.29, 0.717) is 18.8 Å². The Morgan fingerprint density at radius 3 is 3.11 bits per heavy atom. The molecule has 0 bridgehead atoms. The number of ether oxygens (including phenoxy) is 1. The first-order chi connectivity index (χ1) is 8.65. The quantitative estimate of drug-likeness (QED) is 0.821. The molecule has 18 heavy (non-hydrogen) atoms. The van der Waals surface area contributed by atoms with Crippen LogP contribution in [0, 0.1) is 6.92 Å². The number of hydrogen-bond acceptors (Lipinski definition) is 3. The zero-order valence-corrected chi connectivity index (χ0v) is 10.0. The SMILES string of the molecule is Cc1ccc2c(c1)OCCn1cc(C(N)=O)nc1-2. The molecule has 1 aliphatic heterocycles. The van der Waals surface area contributed by atoms with Gasteiger partial charge in [-0.15, -0.1) is 0 Å². The second kappa shape index (κ2) is 3.87. The zero-order valence-electron chi connectivity index (χ0n) is 10.0. The average molecular weight is 243 g/mol. The van der Waals surface area contributed by atoms with Gasteiger partial charge in [0.15, 0.2) is 0 Å². The summed E-state index contributed by atoms with van der Waals surface area (Å²) in [5, 5.41) is 0. The van der Waals surface area contributed by atoms with E-state index in [9.17, 15) is 4.79 Å². The molecule has 3 rings (SSSR count). The van der Waals surface area contributed by atoms with Crippen LogP contribution in [-0.4, -0.2) is 22.1 Å². The Bertz CT molecular complexity index is 631. The van der Waals surface area contributed by atoms with E-state index in [-0.39, 0.29) is 0 Å². The van der Waals surface area contributed by atoms with Crippen LogP contribution < -0.4 is 10.5 Å². The molecule has 0 spiro atoms. The minimum Gasteiger partial charge on any atom is -0.491 e. The van der Waals surface area contributed by atoms with Crippen molar-refractivity contribution >= 4 is 5.91 Å². The number of rotatable bonds is 1. The normalized spacial score (nSPS) is 13.2. The van der Waals surface area contributed by atoms with Crippen molar-refractivity contribution in [2.75, 3.05) is 6.61 Å². The Balaban J connectivity index is 2.20. The number of aryl methyl sites for hydroxylation is 1. The molecular weight excluding hydrogens is 230 g/mol. The highest BCUT2D eigenvalue weighted by molar-refractivity contribution is 5.91. The molecule has 2 N–H and O–H groups in total. The van der Waals surface area contributed by atoms with Crippen molar-refractivity contribution < 1.29 is 9.53 Å². The molecule has 5 heteroatoms. The van der Waals surface area contributed by atoms with Crippen molar-refractivity contribution in [3.05, 3.63) is 35.7 Å². The zero-order chi connectivity index (χ0) is 12.7. The summed E-state index contributed by atoms with van der Waals surface area (Å²) in [6.45, 7) is 3.22. The molecule has 1 amide bonds. The van der Waals surface area contributed by atoms with Gasteiger partial charge in [0.2, 0.25) is 0 Å². The Morgan fingerprint density at radius 2 is 2.33 bits per heavy atom. The van der Waals surface area contributed by atoms with Crippen LogP contribution in [0.3, 0.4) is 0 Å². The van der Waals surface area contributed by atoms with Gasteiger partial charge in [0.1, 0.15) is 23.9 Å². The maximum Gasteiger partial charge on any atom is 0.268 e. The van der Waals surface area contributed by atoms with Crippen LogP contribution in [0.1, 0.15) is 16.1 Å². The van der Waals surface area contributed by atoms with Crippen LogP contribution in [0.2, 0.25) is 0 Å². The van der Waals surface area contributed by atoms with Gasteiger partial charge >= 0.3 is 0 Å². The van der Waals surface area contributed by atoms with Crippen molar-refractivity contribution in [3.8, 4) is 17.1 Å². The summed E-state index contributed by atoms with van der Waals surface area (Å²) in [7, 11) is 0. The maximum atomic E-state index is 11.2. The topological polar surface area (TPSA) is 70.1 Å². The molecule has 0 fully saturated rings. The van der Waals surface area contributed by atoms with E-state index in [1.807, 2.05) is 29.7 Å². The Morgan fingerprint density at radius 1 is 1.50 bits per heavy atom. The fourth-order valence-corrected chi connectivity index (χ4v) is 2.11. The maximum absolute atomic E-state index is 11.2.